The number of halogens is 1. The van der Waals surface area contributed by atoms with Crippen LogP contribution in [0, 0.1) is 17.8 Å². The molecule has 3 atom stereocenters. The van der Waals surface area contributed by atoms with Gasteiger partial charge < -0.3 is 4.74 Å². The molecule has 1 saturated heterocycles. The summed E-state index contributed by atoms with van der Waals surface area (Å²) in [7, 11) is 0. The second kappa shape index (κ2) is 6.75. The van der Waals surface area contributed by atoms with Crippen molar-refractivity contribution in [3.8, 4) is 0 Å². The van der Waals surface area contributed by atoms with Crippen LogP contribution >= 0.6 is 11.6 Å². The monoisotopic (exact) mass is 232 g/mol. The summed E-state index contributed by atoms with van der Waals surface area (Å²) < 4.78 is 5.62. The van der Waals surface area contributed by atoms with Crippen LogP contribution in [0.4, 0.5) is 0 Å². The van der Waals surface area contributed by atoms with Crippen LogP contribution in [0.5, 0.6) is 0 Å². The van der Waals surface area contributed by atoms with E-state index in [0.29, 0.717) is 5.92 Å². The fourth-order valence-corrected chi connectivity index (χ4v) is 2.59. The van der Waals surface area contributed by atoms with E-state index < -0.39 is 0 Å². The van der Waals surface area contributed by atoms with Gasteiger partial charge >= 0.3 is 0 Å². The predicted octanol–water partition coefficient (Wildman–Crippen LogP) is 4.44. The molecule has 0 aromatic carbocycles. The van der Waals surface area contributed by atoms with E-state index >= 15 is 0 Å². The van der Waals surface area contributed by atoms with Crippen LogP contribution < -0.4 is 0 Å². The van der Waals surface area contributed by atoms with E-state index in [1.807, 2.05) is 0 Å². The SMILES string of the molecule is CCC1COC(Cl)C(CCCC(C)C)C1. The van der Waals surface area contributed by atoms with E-state index in [9.17, 15) is 0 Å². The molecule has 0 radical (unpaired) electrons. The number of hydrogen-bond acceptors (Lipinski definition) is 1. The van der Waals surface area contributed by atoms with Crippen LogP contribution in [0.25, 0.3) is 0 Å². The van der Waals surface area contributed by atoms with Gasteiger partial charge in [-0.1, -0.05) is 51.6 Å². The smallest absolute Gasteiger partial charge is 0.134 e. The first-order valence-electron chi connectivity index (χ1n) is 6.39. The minimum Gasteiger partial charge on any atom is -0.362 e. The van der Waals surface area contributed by atoms with Gasteiger partial charge in [0.25, 0.3) is 0 Å². The van der Waals surface area contributed by atoms with Crippen molar-refractivity contribution >= 4 is 11.6 Å². The lowest BCUT2D eigenvalue weighted by Gasteiger charge is -2.32. The van der Waals surface area contributed by atoms with Gasteiger partial charge in [0.2, 0.25) is 0 Å². The standard InChI is InChI=1S/C13H25ClO/c1-4-11-8-12(13(14)15-9-11)7-5-6-10(2)3/h10-13H,4-9H2,1-3H3. The van der Waals surface area contributed by atoms with Crippen molar-refractivity contribution in [2.75, 3.05) is 6.61 Å². The van der Waals surface area contributed by atoms with Gasteiger partial charge in [0, 0.05) is 0 Å². The molecule has 0 aliphatic carbocycles. The Hall–Kier alpha value is 0.250. The average molecular weight is 233 g/mol. The third-order valence-electron chi connectivity index (χ3n) is 3.43. The molecule has 0 amide bonds. The van der Waals surface area contributed by atoms with Crippen molar-refractivity contribution in [1.82, 2.24) is 0 Å². The summed E-state index contributed by atoms with van der Waals surface area (Å²) in [5.74, 6) is 2.14. The number of alkyl halides is 1. The summed E-state index contributed by atoms with van der Waals surface area (Å²) >= 11 is 6.20. The first-order chi connectivity index (χ1) is 7.13. The molecule has 90 valence electrons. The molecule has 1 aliphatic heterocycles. The van der Waals surface area contributed by atoms with Crippen molar-refractivity contribution < 1.29 is 4.74 Å². The van der Waals surface area contributed by atoms with E-state index in [4.69, 9.17) is 16.3 Å². The Morgan fingerprint density at radius 2 is 2.13 bits per heavy atom. The van der Waals surface area contributed by atoms with Gasteiger partial charge in [-0.2, -0.15) is 0 Å². The van der Waals surface area contributed by atoms with E-state index in [0.717, 1.165) is 18.4 Å². The van der Waals surface area contributed by atoms with E-state index in [-0.39, 0.29) is 5.56 Å². The zero-order valence-electron chi connectivity index (χ0n) is 10.3. The van der Waals surface area contributed by atoms with E-state index in [2.05, 4.69) is 20.8 Å². The Morgan fingerprint density at radius 3 is 2.73 bits per heavy atom. The second-order valence-electron chi connectivity index (χ2n) is 5.28. The summed E-state index contributed by atoms with van der Waals surface area (Å²) in [5, 5.41) is 0. The van der Waals surface area contributed by atoms with Crippen LogP contribution in [-0.4, -0.2) is 12.2 Å². The Kier molecular flexibility index (Phi) is 5.99. The largest absolute Gasteiger partial charge is 0.362 e. The Labute approximate surface area is 99.5 Å². The zero-order chi connectivity index (χ0) is 11.3. The highest BCUT2D eigenvalue weighted by molar-refractivity contribution is 6.19. The third kappa shape index (κ3) is 4.74. The molecule has 2 heteroatoms. The molecule has 0 spiro atoms. The topological polar surface area (TPSA) is 9.23 Å². The quantitative estimate of drug-likeness (QED) is 0.637. The fourth-order valence-electron chi connectivity index (χ4n) is 2.29. The molecule has 0 aromatic heterocycles. The van der Waals surface area contributed by atoms with Crippen LogP contribution in [-0.2, 0) is 4.74 Å². The second-order valence-corrected chi connectivity index (χ2v) is 5.71. The van der Waals surface area contributed by atoms with Gasteiger partial charge in [0.05, 0.1) is 6.61 Å². The molecule has 0 saturated carbocycles. The summed E-state index contributed by atoms with van der Waals surface area (Å²) in [6.07, 6.45) is 6.35. The lowest BCUT2D eigenvalue weighted by atomic mass is 9.87. The van der Waals surface area contributed by atoms with E-state index in [1.165, 1.54) is 32.1 Å². The minimum absolute atomic E-state index is 0.0278. The van der Waals surface area contributed by atoms with Crippen molar-refractivity contribution in [2.24, 2.45) is 17.8 Å². The molecule has 15 heavy (non-hydrogen) atoms. The summed E-state index contributed by atoms with van der Waals surface area (Å²) in [5.41, 5.74) is -0.0278. The molecular formula is C13H25ClO. The Morgan fingerprint density at radius 1 is 1.40 bits per heavy atom. The normalized spacial score (nSPS) is 32.2. The molecule has 1 aliphatic rings. The van der Waals surface area contributed by atoms with Gasteiger partial charge in [-0.3, -0.25) is 0 Å². The molecule has 0 N–H and O–H groups in total. The summed E-state index contributed by atoms with van der Waals surface area (Å²) in [4.78, 5) is 0. The van der Waals surface area contributed by atoms with Crippen molar-refractivity contribution in [3.05, 3.63) is 0 Å². The molecule has 3 unspecified atom stereocenters. The van der Waals surface area contributed by atoms with Crippen LogP contribution in [0.2, 0.25) is 0 Å². The fraction of sp³-hybridized carbons (Fsp3) is 1.00. The number of hydrogen-bond donors (Lipinski definition) is 0. The molecular weight excluding hydrogens is 208 g/mol. The van der Waals surface area contributed by atoms with Crippen LogP contribution in [0.1, 0.15) is 52.9 Å². The first kappa shape index (κ1) is 13.3. The highest BCUT2D eigenvalue weighted by Crippen LogP contribution is 2.32. The maximum absolute atomic E-state index is 6.20. The van der Waals surface area contributed by atoms with Crippen molar-refractivity contribution in [1.29, 1.82) is 0 Å². The third-order valence-corrected chi connectivity index (χ3v) is 3.91. The molecule has 0 bridgehead atoms. The summed E-state index contributed by atoms with van der Waals surface area (Å²) in [6, 6.07) is 0. The van der Waals surface area contributed by atoms with E-state index in [1.54, 1.807) is 0 Å². The molecule has 1 rings (SSSR count). The lowest BCUT2D eigenvalue weighted by molar-refractivity contribution is -0.0155. The Bertz CT molecular complexity index is 170. The minimum atomic E-state index is -0.0278. The number of rotatable bonds is 5. The first-order valence-corrected chi connectivity index (χ1v) is 6.82. The number of ether oxygens (including phenoxy) is 1. The lowest BCUT2D eigenvalue weighted by Crippen LogP contribution is -2.30. The summed E-state index contributed by atoms with van der Waals surface area (Å²) in [6.45, 7) is 7.67. The highest BCUT2D eigenvalue weighted by Gasteiger charge is 2.28. The molecule has 1 heterocycles. The predicted molar refractivity (Wildman–Crippen MR) is 66.2 cm³/mol. The van der Waals surface area contributed by atoms with Gasteiger partial charge in [-0.25, -0.2) is 0 Å². The van der Waals surface area contributed by atoms with Crippen LogP contribution in [0.15, 0.2) is 0 Å². The van der Waals surface area contributed by atoms with Gasteiger partial charge in [0.15, 0.2) is 0 Å². The zero-order valence-corrected chi connectivity index (χ0v) is 11.1. The molecule has 0 aromatic rings. The Balaban J connectivity index is 2.25. The average Bonchev–Trinajstić information content (AvgIpc) is 2.20. The molecule has 1 fully saturated rings. The highest BCUT2D eigenvalue weighted by atomic mass is 35.5. The van der Waals surface area contributed by atoms with Crippen molar-refractivity contribution in [3.63, 3.8) is 0 Å². The van der Waals surface area contributed by atoms with Crippen molar-refractivity contribution in [2.45, 2.75) is 58.4 Å². The van der Waals surface area contributed by atoms with Gasteiger partial charge in [-0.15, -0.1) is 0 Å². The maximum atomic E-state index is 6.20. The van der Waals surface area contributed by atoms with Gasteiger partial charge in [0.1, 0.15) is 5.56 Å². The van der Waals surface area contributed by atoms with Gasteiger partial charge in [-0.05, 0) is 30.6 Å². The maximum Gasteiger partial charge on any atom is 0.134 e. The van der Waals surface area contributed by atoms with Crippen LogP contribution in [0.3, 0.4) is 0 Å². The molecule has 1 nitrogen and oxygen atoms in total.